The molecule has 0 saturated carbocycles. The third-order valence-corrected chi connectivity index (χ3v) is 8.42. The lowest BCUT2D eigenvalue weighted by molar-refractivity contribution is -0.126. The van der Waals surface area contributed by atoms with Crippen LogP contribution in [0.1, 0.15) is 29.5 Å². The molecule has 3 aromatic rings. The van der Waals surface area contributed by atoms with Crippen LogP contribution in [0.4, 0.5) is 4.39 Å². The first-order valence-electron chi connectivity index (χ1n) is 11.8. The highest BCUT2D eigenvalue weighted by atomic mass is 35.5. The molecule has 190 valence electrons. The van der Waals surface area contributed by atoms with E-state index in [1.807, 2.05) is 24.3 Å². The summed E-state index contributed by atoms with van der Waals surface area (Å²) in [6.45, 7) is 1.33. The molecule has 0 radical (unpaired) electrons. The van der Waals surface area contributed by atoms with Gasteiger partial charge in [0, 0.05) is 30.6 Å². The second kappa shape index (κ2) is 11.9. The quantitative estimate of drug-likeness (QED) is 0.426. The second-order valence-electron chi connectivity index (χ2n) is 8.80. The average Bonchev–Trinajstić information content (AvgIpc) is 2.89. The van der Waals surface area contributed by atoms with Crippen molar-refractivity contribution in [1.29, 1.82) is 0 Å². The summed E-state index contributed by atoms with van der Waals surface area (Å²) in [5, 5.41) is 3.38. The molecule has 1 aliphatic heterocycles. The predicted octanol–water partition coefficient (Wildman–Crippen LogP) is 4.92. The lowest BCUT2D eigenvalue weighted by Crippen LogP contribution is -2.43. The Morgan fingerprint density at radius 1 is 0.972 bits per heavy atom. The molecule has 0 atom stereocenters. The van der Waals surface area contributed by atoms with Crippen LogP contribution in [-0.4, -0.2) is 31.7 Å². The average molecular weight is 531 g/mol. The van der Waals surface area contributed by atoms with Crippen molar-refractivity contribution in [3.8, 4) is 5.75 Å². The Morgan fingerprint density at radius 3 is 2.28 bits per heavy atom. The van der Waals surface area contributed by atoms with Crippen molar-refractivity contribution in [2.24, 2.45) is 5.92 Å². The third-order valence-electron chi connectivity index (χ3n) is 6.22. The molecule has 0 unspecified atom stereocenters. The van der Waals surface area contributed by atoms with Crippen molar-refractivity contribution in [3.63, 3.8) is 0 Å². The number of hydrogen-bond acceptors (Lipinski definition) is 4. The Labute approximate surface area is 216 Å². The van der Waals surface area contributed by atoms with E-state index in [4.69, 9.17) is 16.3 Å². The normalized spacial score (nSPS) is 14.9. The van der Waals surface area contributed by atoms with E-state index in [2.05, 4.69) is 5.32 Å². The number of amides is 1. The first-order chi connectivity index (χ1) is 17.3. The van der Waals surface area contributed by atoms with Crippen molar-refractivity contribution >= 4 is 27.5 Å². The first-order valence-corrected chi connectivity index (χ1v) is 13.7. The largest absolute Gasteiger partial charge is 0.489 e. The first kappa shape index (κ1) is 26.1. The maximum absolute atomic E-state index is 13.0. The van der Waals surface area contributed by atoms with Crippen molar-refractivity contribution in [2.45, 2.75) is 31.7 Å². The summed E-state index contributed by atoms with van der Waals surface area (Å²) in [5.74, 6) is -0.0496. The van der Waals surface area contributed by atoms with Gasteiger partial charge in [0.2, 0.25) is 15.9 Å². The molecule has 1 aliphatic rings. The highest BCUT2D eigenvalue weighted by molar-refractivity contribution is 7.88. The highest BCUT2D eigenvalue weighted by Gasteiger charge is 2.31. The number of piperidine rings is 1. The van der Waals surface area contributed by atoms with Crippen molar-refractivity contribution in [2.75, 3.05) is 13.1 Å². The zero-order valence-corrected chi connectivity index (χ0v) is 21.3. The third kappa shape index (κ3) is 7.06. The number of benzene rings is 3. The summed E-state index contributed by atoms with van der Waals surface area (Å²) >= 11 is 6.12. The van der Waals surface area contributed by atoms with E-state index in [-0.39, 0.29) is 23.4 Å². The van der Waals surface area contributed by atoms with Crippen LogP contribution in [0.15, 0.2) is 72.8 Å². The molecule has 0 aromatic heterocycles. The van der Waals surface area contributed by atoms with Gasteiger partial charge in [0.05, 0.1) is 5.75 Å². The number of hydrogen-bond donors (Lipinski definition) is 1. The van der Waals surface area contributed by atoms with Crippen molar-refractivity contribution in [1.82, 2.24) is 9.62 Å². The number of rotatable bonds is 9. The van der Waals surface area contributed by atoms with Crippen molar-refractivity contribution in [3.05, 3.63) is 100 Å². The van der Waals surface area contributed by atoms with Gasteiger partial charge in [-0.25, -0.2) is 17.1 Å². The van der Waals surface area contributed by atoms with Gasteiger partial charge in [-0.15, -0.1) is 0 Å². The molecule has 1 heterocycles. The van der Waals surface area contributed by atoms with E-state index >= 15 is 0 Å². The van der Waals surface area contributed by atoms with Gasteiger partial charge in [0.15, 0.2) is 0 Å². The van der Waals surface area contributed by atoms with Gasteiger partial charge in [0.1, 0.15) is 18.2 Å². The van der Waals surface area contributed by atoms with E-state index in [0.29, 0.717) is 55.4 Å². The number of nitrogens with zero attached hydrogens (tertiary/aromatic N) is 1. The maximum Gasteiger partial charge on any atom is 0.223 e. The van der Waals surface area contributed by atoms with Crippen LogP contribution in [-0.2, 0) is 33.7 Å². The molecule has 0 bridgehead atoms. The van der Waals surface area contributed by atoms with Gasteiger partial charge >= 0.3 is 0 Å². The van der Waals surface area contributed by atoms with E-state index in [1.165, 1.54) is 16.4 Å². The topological polar surface area (TPSA) is 75.7 Å². The van der Waals surface area contributed by atoms with Crippen LogP contribution < -0.4 is 10.1 Å². The van der Waals surface area contributed by atoms with Gasteiger partial charge in [0.25, 0.3) is 0 Å². The predicted molar refractivity (Wildman–Crippen MR) is 137 cm³/mol. The molecule has 4 rings (SSSR count). The summed E-state index contributed by atoms with van der Waals surface area (Å²) in [4.78, 5) is 12.7. The minimum Gasteiger partial charge on any atom is -0.489 e. The van der Waals surface area contributed by atoms with Gasteiger partial charge < -0.3 is 10.1 Å². The number of nitrogens with one attached hydrogen (secondary N) is 1. The maximum atomic E-state index is 13.0. The number of ether oxygens (including phenoxy) is 1. The number of halogens is 2. The van der Waals surface area contributed by atoms with E-state index in [0.717, 1.165) is 11.1 Å². The van der Waals surface area contributed by atoms with E-state index in [1.54, 1.807) is 36.4 Å². The van der Waals surface area contributed by atoms with Crippen LogP contribution in [0.3, 0.4) is 0 Å². The molecule has 3 aromatic carbocycles. The Morgan fingerprint density at radius 2 is 1.61 bits per heavy atom. The molecule has 0 aliphatic carbocycles. The summed E-state index contributed by atoms with van der Waals surface area (Å²) < 4.78 is 45.8. The molecule has 6 nitrogen and oxygen atoms in total. The smallest absolute Gasteiger partial charge is 0.223 e. The Hall–Kier alpha value is -2.94. The van der Waals surface area contributed by atoms with Crippen molar-refractivity contribution < 1.29 is 22.3 Å². The van der Waals surface area contributed by atoms with Gasteiger partial charge in [-0.2, -0.15) is 0 Å². The van der Waals surface area contributed by atoms with E-state index in [9.17, 15) is 17.6 Å². The fraction of sp³-hybridized carbons (Fsp3) is 0.296. The molecule has 9 heteroatoms. The number of carbonyl (C=O) groups excluding carboxylic acids is 1. The highest BCUT2D eigenvalue weighted by Crippen LogP contribution is 2.24. The monoisotopic (exact) mass is 530 g/mol. The molecule has 36 heavy (non-hydrogen) atoms. The van der Waals surface area contributed by atoms with Crippen LogP contribution in [0, 0.1) is 11.7 Å². The summed E-state index contributed by atoms with van der Waals surface area (Å²) in [7, 11) is -3.50. The number of carbonyl (C=O) groups is 1. The van der Waals surface area contributed by atoms with E-state index < -0.39 is 10.0 Å². The molecule has 1 N–H and O–H groups in total. The summed E-state index contributed by atoms with van der Waals surface area (Å²) in [6, 6.07) is 20.5. The van der Waals surface area contributed by atoms with Crippen LogP contribution in [0.25, 0.3) is 0 Å². The fourth-order valence-corrected chi connectivity index (χ4v) is 5.96. The SMILES string of the molecule is O=C(NCc1ccc(OCc2ccc(F)cc2)cc1)C1CCN(S(=O)(=O)Cc2ccccc2Cl)CC1. The zero-order chi connectivity index (χ0) is 25.5. The van der Waals surface area contributed by atoms with Crippen LogP contribution in [0.5, 0.6) is 5.75 Å². The molecule has 1 fully saturated rings. The van der Waals surface area contributed by atoms with Crippen LogP contribution in [0.2, 0.25) is 5.02 Å². The number of sulfonamides is 1. The van der Waals surface area contributed by atoms with Gasteiger partial charge in [-0.05, 0) is 59.9 Å². The molecule has 1 saturated heterocycles. The Balaban J connectivity index is 1.21. The summed E-state index contributed by atoms with van der Waals surface area (Å²) in [6.07, 6.45) is 0.952. The Bertz CT molecular complexity index is 1280. The molecular formula is C27H28ClFN2O4S. The standard InChI is InChI=1S/C27H28ClFN2O4S/c28-26-4-2-1-3-23(26)19-36(33,34)31-15-13-22(14-16-31)27(32)30-17-20-7-11-25(12-8-20)35-18-21-5-9-24(29)10-6-21/h1-12,22H,13-19H2,(H,30,32). The summed E-state index contributed by atoms with van der Waals surface area (Å²) in [5.41, 5.74) is 2.37. The minimum absolute atomic E-state index is 0.0743. The van der Waals surface area contributed by atoms with Gasteiger partial charge in [-0.3, -0.25) is 4.79 Å². The fourth-order valence-electron chi connectivity index (χ4n) is 4.08. The lowest BCUT2D eigenvalue weighted by atomic mass is 9.97. The molecule has 1 amide bonds. The second-order valence-corrected chi connectivity index (χ2v) is 11.2. The molecular weight excluding hydrogens is 503 g/mol. The lowest BCUT2D eigenvalue weighted by Gasteiger charge is -2.30. The Kier molecular flexibility index (Phi) is 8.61. The van der Waals surface area contributed by atoms with Gasteiger partial charge in [-0.1, -0.05) is 54.1 Å². The van der Waals surface area contributed by atoms with Crippen LogP contribution >= 0.6 is 11.6 Å². The minimum atomic E-state index is -3.50. The zero-order valence-electron chi connectivity index (χ0n) is 19.7. The molecule has 0 spiro atoms.